The lowest BCUT2D eigenvalue weighted by Gasteiger charge is -2.05. The first-order valence-corrected chi connectivity index (χ1v) is 5.53. The van der Waals surface area contributed by atoms with Gasteiger partial charge in [0.1, 0.15) is 0 Å². The zero-order valence-corrected chi connectivity index (χ0v) is 9.67. The lowest BCUT2D eigenvalue weighted by Crippen LogP contribution is -2.02. The van der Waals surface area contributed by atoms with Gasteiger partial charge in [0, 0.05) is 30.1 Å². The molecular formula is C12H14FN3O2. The Labute approximate surface area is 103 Å². The summed E-state index contributed by atoms with van der Waals surface area (Å²) in [7, 11) is 0. The van der Waals surface area contributed by atoms with Gasteiger partial charge in [0.05, 0.1) is 19.3 Å². The van der Waals surface area contributed by atoms with E-state index >= 15 is 0 Å². The molecule has 0 radical (unpaired) electrons. The maximum absolute atomic E-state index is 13.1. The molecule has 0 aliphatic rings. The molecule has 0 unspecified atom stereocenters. The highest BCUT2D eigenvalue weighted by atomic mass is 19.1. The minimum absolute atomic E-state index is 0.0394. The highest BCUT2D eigenvalue weighted by Crippen LogP contribution is 2.19. The number of halogens is 1. The minimum atomic E-state index is -0.657. The average Bonchev–Trinajstić information content (AvgIpc) is 2.79. The third-order valence-electron chi connectivity index (χ3n) is 2.46. The molecule has 1 aromatic heterocycles. The molecule has 0 aliphatic carbocycles. The van der Waals surface area contributed by atoms with Crippen LogP contribution in [0.1, 0.15) is 5.56 Å². The summed E-state index contributed by atoms with van der Waals surface area (Å²) in [4.78, 5) is 0. The molecule has 1 aromatic carbocycles. The number of phenols is 1. The van der Waals surface area contributed by atoms with Crippen LogP contribution in [0, 0.1) is 5.82 Å². The van der Waals surface area contributed by atoms with Crippen LogP contribution in [-0.2, 0) is 13.1 Å². The first-order valence-electron chi connectivity index (χ1n) is 5.53. The summed E-state index contributed by atoms with van der Waals surface area (Å²) in [5.41, 5.74) is 1.51. The number of anilines is 1. The van der Waals surface area contributed by atoms with E-state index in [0.717, 1.165) is 5.56 Å². The highest BCUT2D eigenvalue weighted by Gasteiger charge is 2.02. The Balaban J connectivity index is 1.95. The van der Waals surface area contributed by atoms with Gasteiger partial charge < -0.3 is 15.5 Å². The van der Waals surface area contributed by atoms with Crippen LogP contribution in [0.25, 0.3) is 0 Å². The molecule has 0 spiro atoms. The number of phenolic OH excluding ortho intramolecular Hbond substituents is 1. The first-order chi connectivity index (χ1) is 8.69. The molecule has 0 amide bonds. The van der Waals surface area contributed by atoms with Crippen molar-refractivity contribution in [2.24, 2.45) is 0 Å². The van der Waals surface area contributed by atoms with Crippen molar-refractivity contribution in [3.05, 3.63) is 42.0 Å². The number of nitrogens with one attached hydrogen (secondary N) is 1. The van der Waals surface area contributed by atoms with E-state index in [1.165, 1.54) is 12.1 Å². The summed E-state index contributed by atoms with van der Waals surface area (Å²) in [6.45, 7) is 0.987. The summed E-state index contributed by atoms with van der Waals surface area (Å²) >= 11 is 0. The largest absolute Gasteiger partial charge is 0.505 e. The van der Waals surface area contributed by atoms with Crippen molar-refractivity contribution >= 4 is 5.69 Å². The van der Waals surface area contributed by atoms with Crippen LogP contribution in [0.2, 0.25) is 0 Å². The number of aliphatic hydroxyl groups excluding tert-OH is 1. The van der Waals surface area contributed by atoms with Crippen molar-refractivity contribution in [2.45, 2.75) is 13.1 Å². The topological polar surface area (TPSA) is 70.3 Å². The monoisotopic (exact) mass is 251 g/mol. The van der Waals surface area contributed by atoms with E-state index in [2.05, 4.69) is 10.4 Å². The standard InChI is InChI=1S/C12H14FN3O2/c13-11-5-10(1-2-12(11)18)14-6-9-7-15-16(8-9)3-4-17/h1-2,5,7-8,14,17-18H,3-4,6H2. The van der Waals surface area contributed by atoms with E-state index in [0.29, 0.717) is 18.8 Å². The van der Waals surface area contributed by atoms with Crippen LogP contribution in [-0.4, -0.2) is 26.6 Å². The van der Waals surface area contributed by atoms with E-state index in [9.17, 15) is 4.39 Å². The second kappa shape index (κ2) is 5.50. The van der Waals surface area contributed by atoms with E-state index in [4.69, 9.17) is 10.2 Å². The number of aromatic hydroxyl groups is 1. The molecule has 5 nitrogen and oxygen atoms in total. The minimum Gasteiger partial charge on any atom is -0.505 e. The van der Waals surface area contributed by atoms with Gasteiger partial charge >= 0.3 is 0 Å². The first kappa shape index (κ1) is 12.4. The Hall–Kier alpha value is -2.08. The van der Waals surface area contributed by atoms with E-state index in [1.807, 2.05) is 0 Å². The molecule has 6 heteroatoms. The number of hydrogen-bond acceptors (Lipinski definition) is 4. The number of hydrogen-bond donors (Lipinski definition) is 3. The van der Waals surface area contributed by atoms with Crippen molar-refractivity contribution in [1.29, 1.82) is 0 Å². The summed E-state index contributed by atoms with van der Waals surface area (Å²) < 4.78 is 14.7. The van der Waals surface area contributed by atoms with Gasteiger partial charge in [0.25, 0.3) is 0 Å². The average molecular weight is 251 g/mol. The number of aromatic nitrogens is 2. The van der Waals surface area contributed by atoms with Crippen molar-refractivity contribution in [2.75, 3.05) is 11.9 Å². The molecule has 96 valence electrons. The number of nitrogens with zero attached hydrogens (tertiary/aromatic N) is 2. The quantitative estimate of drug-likeness (QED) is 0.701. The van der Waals surface area contributed by atoms with Crippen molar-refractivity contribution in [3.8, 4) is 5.75 Å². The number of rotatable bonds is 5. The van der Waals surface area contributed by atoms with Crippen LogP contribution in [0.5, 0.6) is 5.75 Å². The molecule has 3 N–H and O–H groups in total. The van der Waals surface area contributed by atoms with Gasteiger partial charge in [-0.25, -0.2) is 4.39 Å². The Morgan fingerprint density at radius 1 is 1.39 bits per heavy atom. The highest BCUT2D eigenvalue weighted by molar-refractivity contribution is 5.47. The van der Waals surface area contributed by atoms with E-state index in [-0.39, 0.29) is 12.4 Å². The van der Waals surface area contributed by atoms with Gasteiger partial charge in [0.2, 0.25) is 0 Å². The van der Waals surface area contributed by atoms with Crippen molar-refractivity contribution in [1.82, 2.24) is 9.78 Å². The van der Waals surface area contributed by atoms with Crippen LogP contribution in [0.3, 0.4) is 0 Å². The van der Waals surface area contributed by atoms with Crippen LogP contribution in [0.15, 0.2) is 30.6 Å². The molecule has 0 saturated heterocycles. The number of benzene rings is 1. The zero-order chi connectivity index (χ0) is 13.0. The van der Waals surface area contributed by atoms with Gasteiger partial charge in [-0.2, -0.15) is 5.10 Å². The summed E-state index contributed by atoms with van der Waals surface area (Å²) in [6, 6.07) is 4.12. The maximum Gasteiger partial charge on any atom is 0.166 e. The molecule has 18 heavy (non-hydrogen) atoms. The molecule has 2 aromatic rings. The molecule has 0 atom stereocenters. The zero-order valence-electron chi connectivity index (χ0n) is 9.67. The van der Waals surface area contributed by atoms with E-state index in [1.54, 1.807) is 23.1 Å². The van der Waals surface area contributed by atoms with Crippen LogP contribution >= 0.6 is 0 Å². The Morgan fingerprint density at radius 2 is 2.22 bits per heavy atom. The molecule has 1 heterocycles. The second-order valence-electron chi connectivity index (χ2n) is 3.86. The predicted molar refractivity (Wildman–Crippen MR) is 64.7 cm³/mol. The Morgan fingerprint density at radius 3 is 2.94 bits per heavy atom. The molecule has 0 bridgehead atoms. The fourth-order valence-corrected chi connectivity index (χ4v) is 1.54. The lowest BCUT2D eigenvalue weighted by atomic mass is 10.2. The Kier molecular flexibility index (Phi) is 3.78. The van der Waals surface area contributed by atoms with Gasteiger partial charge in [-0.05, 0) is 12.1 Å². The molecule has 2 rings (SSSR count). The third-order valence-corrected chi connectivity index (χ3v) is 2.46. The van der Waals surface area contributed by atoms with Gasteiger partial charge in [-0.1, -0.05) is 0 Å². The Bertz CT molecular complexity index is 528. The van der Waals surface area contributed by atoms with Crippen molar-refractivity contribution in [3.63, 3.8) is 0 Å². The normalized spacial score (nSPS) is 10.6. The fraction of sp³-hybridized carbons (Fsp3) is 0.250. The molecule has 0 aliphatic heterocycles. The van der Waals surface area contributed by atoms with Crippen LogP contribution in [0.4, 0.5) is 10.1 Å². The summed E-state index contributed by atoms with van der Waals surface area (Å²) in [6.07, 6.45) is 3.49. The van der Waals surface area contributed by atoms with Crippen molar-refractivity contribution < 1.29 is 14.6 Å². The van der Waals surface area contributed by atoms with E-state index < -0.39 is 5.82 Å². The number of aliphatic hydroxyl groups is 1. The SMILES string of the molecule is OCCn1cc(CNc2ccc(O)c(F)c2)cn1. The third kappa shape index (κ3) is 2.98. The van der Waals surface area contributed by atoms with Gasteiger partial charge in [-0.15, -0.1) is 0 Å². The van der Waals surface area contributed by atoms with Crippen LogP contribution < -0.4 is 5.32 Å². The summed E-state index contributed by atoms with van der Waals surface area (Å²) in [5.74, 6) is -1.02. The molecular weight excluding hydrogens is 237 g/mol. The maximum atomic E-state index is 13.1. The smallest absolute Gasteiger partial charge is 0.166 e. The molecule has 0 fully saturated rings. The van der Waals surface area contributed by atoms with Gasteiger partial charge in [-0.3, -0.25) is 4.68 Å². The second-order valence-corrected chi connectivity index (χ2v) is 3.86. The summed E-state index contributed by atoms with van der Waals surface area (Å²) in [5, 5.41) is 24.9. The predicted octanol–water partition coefficient (Wildman–Crippen LogP) is 1.33. The van der Waals surface area contributed by atoms with Gasteiger partial charge in [0.15, 0.2) is 11.6 Å². The fourth-order valence-electron chi connectivity index (χ4n) is 1.54. The lowest BCUT2D eigenvalue weighted by molar-refractivity contribution is 0.269. The molecule has 0 saturated carbocycles.